The molecule has 0 fully saturated rings. The Kier molecular flexibility index (Phi) is 6.82. The molecule has 1 atom stereocenters. The first kappa shape index (κ1) is 21.2. The van der Waals surface area contributed by atoms with Crippen LogP contribution in [0.25, 0.3) is 11.1 Å². The van der Waals surface area contributed by atoms with Gasteiger partial charge in [0, 0.05) is 19.0 Å². The molecule has 1 aliphatic rings. The molecule has 0 amide bonds. The number of benzene rings is 2. The van der Waals surface area contributed by atoms with Gasteiger partial charge in [-0.25, -0.2) is 0 Å². The standard InChI is InChI=1S/C22H27NO5S/c1-3-19(27-4-2)16-22-23(13-8-14-29(24,25)26)20-15-18(11-12-21(20)28-22)17-9-6-5-7-10-17/h5-7,9-12,15-16,22H,3-4,8,13-14H2,1-2H3,(H,24,25,26)/b19-16-/t22-/m1/s1. The maximum atomic E-state index is 11.2. The van der Waals surface area contributed by atoms with E-state index in [1.54, 1.807) is 0 Å². The van der Waals surface area contributed by atoms with Crippen LogP contribution in [0.15, 0.2) is 60.4 Å². The van der Waals surface area contributed by atoms with Gasteiger partial charge in [-0.3, -0.25) is 4.55 Å². The van der Waals surface area contributed by atoms with Crippen LogP contribution in [-0.2, 0) is 14.9 Å². The van der Waals surface area contributed by atoms with Gasteiger partial charge in [0.05, 0.1) is 23.8 Å². The predicted octanol–water partition coefficient (Wildman–Crippen LogP) is 4.49. The number of anilines is 1. The number of hydrogen-bond donors (Lipinski definition) is 1. The molecular formula is C22H27NO5S. The Hall–Kier alpha value is -2.51. The average molecular weight is 418 g/mol. The molecule has 0 unspecified atom stereocenters. The van der Waals surface area contributed by atoms with Gasteiger partial charge in [-0.1, -0.05) is 43.3 Å². The maximum absolute atomic E-state index is 11.2. The van der Waals surface area contributed by atoms with E-state index in [2.05, 4.69) is 6.07 Å². The van der Waals surface area contributed by atoms with Crippen molar-refractivity contribution in [3.05, 3.63) is 60.4 Å². The second kappa shape index (κ2) is 9.33. The highest BCUT2D eigenvalue weighted by Gasteiger charge is 2.30. The number of fused-ring (bicyclic) bond motifs is 1. The lowest BCUT2D eigenvalue weighted by molar-refractivity contribution is 0.206. The highest BCUT2D eigenvalue weighted by atomic mass is 32.2. The lowest BCUT2D eigenvalue weighted by atomic mass is 10.0. The molecule has 0 saturated heterocycles. The van der Waals surface area contributed by atoms with Crippen molar-refractivity contribution in [2.75, 3.05) is 23.8 Å². The fraction of sp³-hybridized carbons (Fsp3) is 0.364. The summed E-state index contributed by atoms with van der Waals surface area (Å²) >= 11 is 0. The number of hydrogen-bond acceptors (Lipinski definition) is 5. The summed E-state index contributed by atoms with van der Waals surface area (Å²) in [5.74, 6) is 1.28. The van der Waals surface area contributed by atoms with Gasteiger partial charge in [-0.2, -0.15) is 8.42 Å². The summed E-state index contributed by atoms with van der Waals surface area (Å²) in [5, 5.41) is 0. The number of ether oxygens (including phenoxy) is 2. The van der Waals surface area contributed by atoms with Gasteiger partial charge in [0.2, 0.25) is 0 Å². The van der Waals surface area contributed by atoms with E-state index >= 15 is 0 Å². The SMILES string of the molecule is CCO/C(=C\[C@H]1Oc2ccc(-c3ccccc3)cc2N1CCCS(=O)(=O)O)CC. The van der Waals surface area contributed by atoms with E-state index in [0.29, 0.717) is 13.2 Å². The van der Waals surface area contributed by atoms with E-state index in [-0.39, 0.29) is 18.4 Å². The highest BCUT2D eigenvalue weighted by Crippen LogP contribution is 2.40. The molecule has 1 heterocycles. The fourth-order valence-corrected chi connectivity index (χ4v) is 3.88. The zero-order chi connectivity index (χ0) is 20.9. The molecule has 0 radical (unpaired) electrons. The quantitative estimate of drug-likeness (QED) is 0.479. The molecule has 0 spiro atoms. The normalized spacial score (nSPS) is 16.4. The van der Waals surface area contributed by atoms with E-state index in [9.17, 15) is 8.42 Å². The molecule has 2 aromatic rings. The first-order valence-electron chi connectivity index (χ1n) is 9.82. The largest absolute Gasteiger partial charge is 0.498 e. The van der Waals surface area contributed by atoms with Crippen molar-refractivity contribution in [1.82, 2.24) is 0 Å². The van der Waals surface area contributed by atoms with Crippen molar-refractivity contribution < 1.29 is 22.4 Å². The Morgan fingerprint density at radius 1 is 1.17 bits per heavy atom. The minimum Gasteiger partial charge on any atom is -0.498 e. The Morgan fingerprint density at radius 2 is 1.93 bits per heavy atom. The van der Waals surface area contributed by atoms with Gasteiger partial charge < -0.3 is 14.4 Å². The molecular weight excluding hydrogens is 390 g/mol. The van der Waals surface area contributed by atoms with Gasteiger partial charge in [0.1, 0.15) is 5.75 Å². The van der Waals surface area contributed by atoms with Gasteiger partial charge >= 0.3 is 0 Å². The molecule has 156 valence electrons. The van der Waals surface area contributed by atoms with Crippen LogP contribution >= 0.6 is 0 Å². The van der Waals surface area contributed by atoms with Gasteiger partial charge in [0.15, 0.2) is 6.23 Å². The summed E-state index contributed by atoms with van der Waals surface area (Å²) < 4.78 is 43.2. The predicted molar refractivity (Wildman–Crippen MR) is 115 cm³/mol. The van der Waals surface area contributed by atoms with Crippen LogP contribution in [-0.4, -0.2) is 38.1 Å². The number of nitrogens with zero attached hydrogens (tertiary/aromatic N) is 1. The highest BCUT2D eigenvalue weighted by molar-refractivity contribution is 7.85. The van der Waals surface area contributed by atoms with Crippen LogP contribution < -0.4 is 9.64 Å². The van der Waals surface area contributed by atoms with Crippen LogP contribution in [0.5, 0.6) is 5.75 Å². The van der Waals surface area contributed by atoms with Crippen LogP contribution in [0.1, 0.15) is 26.7 Å². The Morgan fingerprint density at radius 3 is 2.59 bits per heavy atom. The van der Waals surface area contributed by atoms with Crippen molar-refractivity contribution in [2.24, 2.45) is 0 Å². The van der Waals surface area contributed by atoms with E-state index in [4.69, 9.17) is 14.0 Å². The summed E-state index contributed by atoms with van der Waals surface area (Å²) in [6.45, 7) is 4.94. The van der Waals surface area contributed by atoms with Crippen LogP contribution in [0, 0.1) is 0 Å². The van der Waals surface area contributed by atoms with Gasteiger partial charge in [-0.05, 0) is 36.6 Å². The minimum atomic E-state index is -4.01. The summed E-state index contributed by atoms with van der Waals surface area (Å²) in [4.78, 5) is 2.02. The zero-order valence-electron chi connectivity index (χ0n) is 16.7. The third-order valence-electron chi connectivity index (χ3n) is 4.74. The molecule has 0 aromatic heterocycles. The summed E-state index contributed by atoms with van der Waals surface area (Å²) in [6, 6.07) is 16.0. The van der Waals surface area contributed by atoms with Gasteiger partial charge in [0.25, 0.3) is 10.1 Å². The number of allylic oxidation sites excluding steroid dienone is 1. The minimum absolute atomic E-state index is 0.289. The molecule has 7 heteroatoms. The van der Waals surface area contributed by atoms with E-state index in [1.807, 2.05) is 67.3 Å². The lowest BCUT2D eigenvalue weighted by Gasteiger charge is -2.24. The smallest absolute Gasteiger partial charge is 0.264 e. The van der Waals surface area contributed by atoms with E-state index < -0.39 is 10.1 Å². The fourth-order valence-electron chi connectivity index (χ4n) is 3.38. The number of rotatable bonds is 9. The van der Waals surface area contributed by atoms with Crippen LogP contribution in [0.4, 0.5) is 5.69 Å². The van der Waals surface area contributed by atoms with E-state index in [1.165, 1.54) is 0 Å². The first-order valence-corrected chi connectivity index (χ1v) is 11.4. The third-order valence-corrected chi connectivity index (χ3v) is 5.54. The van der Waals surface area contributed by atoms with Crippen molar-refractivity contribution in [2.45, 2.75) is 32.9 Å². The Bertz CT molecular complexity index is 956. The molecule has 2 aromatic carbocycles. The summed E-state index contributed by atoms with van der Waals surface area (Å²) in [5.41, 5.74) is 3.04. The van der Waals surface area contributed by atoms with E-state index in [0.717, 1.165) is 34.7 Å². The maximum Gasteiger partial charge on any atom is 0.264 e. The van der Waals surface area contributed by atoms with Crippen molar-refractivity contribution in [3.8, 4) is 16.9 Å². The molecule has 0 bridgehead atoms. The lowest BCUT2D eigenvalue weighted by Crippen LogP contribution is -2.35. The Labute approximate surface area is 172 Å². The van der Waals surface area contributed by atoms with Gasteiger partial charge in [-0.15, -0.1) is 0 Å². The molecule has 6 nitrogen and oxygen atoms in total. The Balaban J connectivity index is 1.91. The summed E-state index contributed by atoms with van der Waals surface area (Å²) in [6.07, 6.45) is 2.56. The van der Waals surface area contributed by atoms with Crippen molar-refractivity contribution in [1.29, 1.82) is 0 Å². The summed E-state index contributed by atoms with van der Waals surface area (Å²) in [7, 11) is -4.01. The zero-order valence-corrected chi connectivity index (χ0v) is 17.6. The topological polar surface area (TPSA) is 76.1 Å². The van der Waals surface area contributed by atoms with Crippen LogP contribution in [0.2, 0.25) is 0 Å². The third kappa shape index (κ3) is 5.52. The van der Waals surface area contributed by atoms with Crippen molar-refractivity contribution >= 4 is 15.8 Å². The van der Waals surface area contributed by atoms with Crippen LogP contribution in [0.3, 0.4) is 0 Å². The molecule has 1 aliphatic heterocycles. The second-order valence-corrected chi connectivity index (χ2v) is 8.38. The molecule has 29 heavy (non-hydrogen) atoms. The first-order chi connectivity index (χ1) is 13.9. The average Bonchev–Trinajstić information content (AvgIpc) is 3.04. The molecule has 1 N–H and O–H groups in total. The monoisotopic (exact) mass is 417 g/mol. The molecule has 3 rings (SSSR count). The molecule has 0 aliphatic carbocycles. The molecule has 0 saturated carbocycles. The van der Waals surface area contributed by atoms with Crippen molar-refractivity contribution in [3.63, 3.8) is 0 Å². The second-order valence-electron chi connectivity index (χ2n) is 6.81.